The second-order valence-electron chi connectivity index (χ2n) is 3.46. The van der Waals surface area contributed by atoms with Crippen LogP contribution in [0.5, 0.6) is 0 Å². The summed E-state index contributed by atoms with van der Waals surface area (Å²) in [6.07, 6.45) is 6.86. The highest BCUT2D eigenvalue weighted by Gasteiger charge is 2.20. The van der Waals surface area contributed by atoms with Gasteiger partial charge in [0.15, 0.2) is 0 Å². The molecular weight excluding hydrogens is 332 g/mol. The lowest BCUT2D eigenvalue weighted by atomic mass is 10.1. The average molecular weight is 342 g/mol. The molecule has 4 heteroatoms. The summed E-state index contributed by atoms with van der Waals surface area (Å²) < 4.78 is -0.119. The molecule has 16 heavy (non-hydrogen) atoms. The fourth-order valence-corrected chi connectivity index (χ4v) is 1.86. The third kappa shape index (κ3) is 3.39. The second-order valence-corrected chi connectivity index (χ2v) is 7.36. The number of hydrogen-bond donors (Lipinski definition) is 0. The van der Waals surface area contributed by atoms with Gasteiger partial charge in [-0.1, -0.05) is 62.2 Å². The average Bonchev–Trinajstić information content (AvgIpc) is 2.29. The van der Waals surface area contributed by atoms with Gasteiger partial charge in [0.1, 0.15) is 3.23 Å². The molecule has 0 heterocycles. The summed E-state index contributed by atoms with van der Waals surface area (Å²) in [4.78, 5) is 0. The Morgan fingerprint density at radius 1 is 1.06 bits per heavy atom. The molecule has 0 bridgehead atoms. The summed E-state index contributed by atoms with van der Waals surface area (Å²) in [5, 5.41) is 8.33. The molecule has 1 aromatic rings. The Hall–Kier alpha value is -0.740. The van der Waals surface area contributed by atoms with E-state index in [9.17, 15) is 0 Å². The number of halogens is 2. The number of alkyl halides is 2. The van der Waals surface area contributed by atoms with E-state index in [1.165, 1.54) is 0 Å². The molecule has 0 aromatic heterocycles. The maximum absolute atomic E-state index is 4.18. The smallest absolute Gasteiger partial charge is 0.102 e. The largest absolute Gasteiger partial charge is 0.151 e. The van der Waals surface area contributed by atoms with Gasteiger partial charge in [-0.15, -0.1) is 0 Å². The minimum absolute atomic E-state index is 0.119. The predicted octanol–water partition coefficient (Wildman–Crippen LogP) is 5.10. The van der Waals surface area contributed by atoms with Gasteiger partial charge in [-0.25, -0.2) is 0 Å². The molecule has 0 atom stereocenters. The molecule has 0 amide bonds. The number of rotatable bonds is 2. The van der Waals surface area contributed by atoms with E-state index < -0.39 is 0 Å². The summed E-state index contributed by atoms with van der Waals surface area (Å²) in [7, 11) is 0. The highest BCUT2D eigenvalue weighted by molar-refractivity contribution is 9.25. The highest BCUT2D eigenvalue weighted by atomic mass is 79.9. The van der Waals surface area contributed by atoms with Crippen molar-refractivity contribution in [2.75, 3.05) is 0 Å². The molecule has 82 valence electrons. The van der Waals surface area contributed by atoms with Crippen LogP contribution in [0.15, 0.2) is 64.5 Å². The molecule has 0 aliphatic heterocycles. The van der Waals surface area contributed by atoms with Crippen LogP contribution in [0, 0.1) is 0 Å². The first kappa shape index (κ1) is 11.7. The molecule has 2 nitrogen and oxygen atoms in total. The molecule has 1 aliphatic carbocycles. The van der Waals surface area contributed by atoms with E-state index in [2.05, 4.69) is 42.1 Å². The van der Waals surface area contributed by atoms with Crippen molar-refractivity contribution in [3.8, 4) is 0 Å². The number of azo groups is 1. The van der Waals surface area contributed by atoms with Crippen LogP contribution in [0.3, 0.4) is 0 Å². The molecule has 2 rings (SSSR count). The lowest BCUT2D eigenvalue weighted by molar-refractivity contribution is 0.986. The molecule has 1 aliphatic rings. The molecular formula is C12H10Br2N2. The lowest BCUT2D eigenvalue weighted by Crippen LogP contribution is -2.07. The zero-order chi connectivity index (χ0) is 11.4. The number of nitrogens with zero attached hydrogens (tertiary/aromatic N) is 2. The van der Waals surface area contributed by atoms with E-state index in [1.54, 1.807) is 0 Å². The van der Waals surface area contributed by atoms with Crippen molar-refractivity contribution in [3.63, 3.8) is 0 Å². The van der Waals surface area contributed by atoms with Crippen LogP contribution in [-0.4, -0.2) is 3.23 Å². The van der Waals surface area contributed by atoms with Crippen molar-refractivity contribution in [2.45, 2.75) is 9.65 Å². The first-order valence-corrected chi connectivity index (χ1v) is 6.48. The van der Waals surface area contributed by atoms with Crippen LogP contribution in [0.4, 0.5) is 5.69 Å². The molecule has 0 N–H and O–H groups in total. The molecule has 0 saturated carbocycles. The Bertz CT molecular complexity index is 447. The predicted molar refractivity (Wildman–Crippen MR) is 73.4 cm³/mol. The van der Waals surface area contributed by atoms with Crippen LogP contribution >= 0.6 is 31.9 Å². The van der Waals surface area contributed by atoms with Gasteiger partial charge in [0, 0.05) is 0 Å². The number of hydrogen-bond acceptors (Lipinski definition) is 2. The van der Waals surface area contributed by atoms with Crippen molar-refractivity contribution < 1.29 is 0 Å². The summed E-state index contributed by atoms with van der Waals surface area (Å²) in [6, 6.07) is 9.71. The fourth-order valence-electron chi connectivity index (χ4n) is 1.27. The van der Waals surface area contributed by atoms with Gasteiger partial charge in [0.2, 0.25) is 0 Å². The van der Waals surface area contributed by atoms with E-state index in [0.717, 1.165) is 17.8 Å². The molecule has 0 saturated heterocycles. The van der Waals surface area contributed by atoms with Crippen molar-refractivity contribution in [1.29, 1.82) is 0 Å². The maximum atomic E-state index is 4.18. The Morgan fingerprint density at radius 2 is 1.81 bits per heavy atom. The summed E-state index contributed by atoms with van der Waals surface area (Å²) >= 11 is 7.06. The number of allylic oxidation sites excluding steroid dienone is 3. The third-order valence-electron chi connectivity index (χ3n) is 2.12. The van der Waals surface area contributed by atoms with Gasteiger partial charge in [-0.05, 0) is 24.6 Å². The van der Waals surface area contributed by atoms with E-state index in [0.29, 0.717) is 0 Å². The van der Waals surface area contributed by atoms with Crippen LogP contribution in [0.2, 0.25) is 0 Å². The fraction of sp³-hybridized carbons (Fsp3) is 0.167. The zero-order valence-electron chi connectivity index (χ0n) is 8.48. The lowest BCUT2D eigenvalue weighted by Gasteiger charge is -2.16. The van der Waals surface area contributed by atoms with Crippen LogP contribution in [0.25, 0.3) is 0 Å². The SMILES string of the molecule is BrC1(Br)C=CC(N=Nc2ccccc2)=CC1. The van der Waals surface area contributed by atoms with Crippen molar-refractivity contribution >= 4 is 37.5 Å². The quantitative estimate of drug-likeness (QED) is 0.528. The Labute approximate surface area is 111 Å². The van der Waals surface area contributed by atoms with Crippen molar-refractivity contribution in [2.24, 2.45) is 10.2 Å². The van der Waals surface area contributed by atoms with Crippen LogP contribution in [-0.2, 0) is 0 Å². The normalized spacial score (nSPS) is 18.8. The molecule has 0 spiro atoms. The highest BCUT2D eigenvalue weighted by Crippen LogP contribution is 2.36. The van der Waals surface area contributed by atoms with Crippen LogP contribution < -0.4 is 0 Å². The molecule has 0 fully saturated rings. The van der Waals surface area contributed by atoms with Gasteiger partial charge in [0.25, 0.3) is 0 Å². The third-order valence-corrected chi connectivity index (χ3v) is 3.29. The van der Waals surface area contributed by atoms with Gasteiger partial charge < -0.3 is 0 Å². The monoisotopic (exact) mass is 340 g/mol. The van der Waals surface area contributed by atoms with Gasteiger partial charge >= 0.3 is 0 Å². The summed E-state index contributed by atoms with van der Waals surface area (Å²) in [5.41, 5.74) is 1.75. The van der Waals surface area contributed by atoms with Gasteiger partial charge in [-0.2, -0.15) is 10.2 Å². The van der Waals surface area contributed by atoms with Crippen molar-refractivity contribution in [3.05, 3.63) is 54.3 Å². The Kier molecular flexibility index (Phi) is 3.71. The summed E-state index contributed by atoms with van der Waals surface area (Å²) in [6.45, 7) is 0. The molecule has 0 unspecified atom stereocenters. The topological polar surface area (TPSA) is 24.7 Å². The first-order chi connectivity index (χ1) is 7.66. The minimum atomic E-state index is -0.119. The van der Waals surface area contributed by atoms with E-state index in [4.69, 9.17) is 0 Å². The second kappa shape index (κ2) is 5.06. The van der Waals surface area contributed by atoms with Gasteiger partial charge in [0.05, 0.1) is 11.4 Å². The number of benzene rings is 1. The molecule has 1 aromatic carbocycles. The first-order valence-electron chi connectivity index (χ1n) is 4.90. The van der Waals surface area contributed by atoms with E-state index >= 15 is 0 Å². The summed E-state index contributed by atoms with van der Waals surface area (Å²) in [5.74, 6) is 0. The molecule has 0 radical (unpaired) electrons. The maximum Gasteiger partial charge on any atom is 0.102 e. The van der Waals surface area contributed by atoms with E-state index in [-0.39, 0.29) is 3.23 Å². The van der Waals surface area contributed by atoms with E-state index in [1.807, 2.05) is 48.6 Å². The Balaban J connectivity index is 2.05. The zero-order valence-corrected chi connectivity index (χ0v) is 11.6. The minimum Gasteiger partial charge on any atom is -0.151 e. The van der Waals surface area contributed by atoms with Crippen molar-refractivity contribution in [1.82, 2.24) is 0 Å². The Morgan fingerprint density at radius 3 is 2.44 bits per heavy atom. The standard InChI is InChI=1S/C12H10Br2N2/c13-12(14)8-6-11(7-9-12)16-15-10-4-2-1-3-5-10/h1-8H,9H2. The van der Waals surface area contributed by atoms with Crippen LogP contribution in [0.1, 0.15) is 6.42 Å². The van der Waals surface area contributed by atoms with Gasteiger partial charge in [-0.3, -0.25) is 0 Å².